The molecule has 6 nitrogen and oxygen atoms in total. The van der Waals surface area contributed by atoms with E-state index in [-0.39, 0.29) is 11.7 Å². The molecule has 0 saturated carbocycles. The van der Waals surface area contributed by atoms with Crippen LogP contribution >= 0.6 is 11.6 Å². The summed E-state index contributed by atoms with van der Waals surface area (Å²) in [6.45, 7) is 0.640. The lowest BCUT2D eigenvalue weighted by Gasteiger charge is -2.08. The molecule has 0 amide bonds. The zero-order valence-electron chi connectivity index (χ0n) is 10.9. The van der Waals surface area contributed by atoms with Crippen molar-refractivity contribution in [2.45, 2.75) is 6.42 Å². The first-order chi connectivity index (χ1) is 9.58. The minimum absolute atomic E-state index is 0.125. The molecule has 2 aromatic rings. The number of halogens is 1. The van der Waals surface area contributed by atoms with E-state index < -0.39 is 0 Å². The third kappa shape index (κ3) is 3.64. The van der Waals surface area contributed by atoms with Crippen molar-refractivity contribution in [3.63, 3.8) is 0 Å². The first kappa shape index (κ1) is 14.2. The van der Waals surface area contributed by atoms with Crippen LogP contribution in [0.15, 0.2) is 24.3 Å². The van der Waals surface area contributed by atoms with E-state index in [1.165, 1.54) is 7.11 Å². The maximum atomic E-state index is 9.51. The van der Waals surface area contributed by atoms with Gasteiger partial charge in [-0.25, -0.2) is 4.98 Å². The standard InChI is InChI=1S/C13H15ClN4O2/c1-20-10-6-8(2-3-9(10)19)4-5-16-12-7-11(14)17-13(15)18-12/h2-3,6-7,19H,4-5H2,1H3,(H3,15,16,17,18). The lowest BCUT2D eigenvalue weighted by atomic mass is 10.1. The highest BCUT2D eigenvalue weighted by Crippen LogP contribution is 2.26. The predicted octanol–water partition coefficient (Wildman–Crippen LogP) is 2.08. The highest BCUT2D eigenvalue weighted by molar-refractivity contribution is 6.29. The molecule has 0 unspecified atom stereocenters. The number of rotatable bonds is 5. The van der Waals surface area contributed by atoms with Crippen molar-refractivity contribution < 1.29 is 9.84 Å². The van der Waals surface area contributed by atoms with Gasteiger partial charge in [0.1, 0.15) is 11.0 Å². The van der Waals surface area contributed by atoms with Crippen LogP contribution in [0, 0.1) is 0 Å². The Kier molecular flexibility index (Phi) is 4.47. The smallest absolute Gasteiger partial charge is 0.223 e. The summed E-state index contributed by atoms with van der Waals surface area (Å²) in [5.74, 6) is 1.29. The van der Waals surface area contributed by atoms with Crippen molar-refractivity contribution in [3.05, 3.63) is 35.0 Å². The van der Waals surface area contributed by atoms with Gasteiger partial charge in [-0.1, -0.05) is 17.7 Å². The number of hydrogen-bond donors (Lipinski definition) is 3. The second kappa shape index (κ2) is 6.29. The summed E-state index contributed by atoms with van der Waals surface area (Å²) >= 11 is 5.79. The highest BCUT2D eigenvalue weighted by Gasteiger charge is 2.03. The van der Waals surface area contributed by atoms with Crippen molar-refractivity contribution in [2.75, 3.05) is 24.7 Å². The minimum atomic E-state index is 0.125. The molecule has 0 aliphatic carbocycles. The molecule has 20 heavy (non-hydrogen) atoms. The van der Waals surface area contributed by atoms with Gasteiger partial charge < -0.3 is 20.9 Å². The number of anilines is 2. The van der Waals surface area contributed by atoms with E-state index in [9.17, 15) is 5.11 Å². The van der Waals surface area contributed by atoms with E-state index in [1.54, 1.807) is 18.2 Å². The van der Waals surface area contributed by atoms with Crippen molar-refractivity contribution in [3.8, 4) is 11.5 Å². The summed E-state index contributed by atoms with van der Waals surface area (Å²) in [7, 11) is 1.52. The number of benzene rings is 1. The molecule has 0 saturated heterocycles. The number of hydrogen-bond acceptors (Lipinski definition) is 6. The van der Waals surface area contributed by atoms with Crippen LogP contribution in [0.5, 0.6) is 11.5 Å². The van der Waals surface area contributed by atoms with Gasteiger partial charge in [-0.05, 0) is 24.1 Å². The fraction of sp³-hybridized carbons (Fsp3) is 0.231. The molecule has 7 heteroatoms. The Morgan fingerprint density at radius 1 is 1.35 bits per heavy atom. The second-order valence-electron chi connectivity index (χ2n) is 4.12. The fourth-order valence-corrected chi connectivity index (χ4v) is 1.93. The van der Waals surface area contributed by atoms with Crippen LogP contribution in [0.3, 0.4) is 0 Å². The van der Waals surface area contributed by atoms with Gasteiger partial charge >= 0.3 is 0 Å². The highest BCUT2D eigenvalue weighted by atomic mass is 35.5. The van der Waals surface area contributed by atoms with Gasteiger partial charge in [0.15, 0.2) is 11.5 Å². The summed E-state index contributed by atoms with van der Waals surface area (Å²) in [4.78, 5) is 7.80. The molecule has 1 aromatic heterocycles. The molecule has 0 atom stereocenters. The quantitative estimate of drug-likeness (QED) is 0.731. The van der Waals surface area contributed by atoms with Crippen LogP contribution in [0.4, 0.5) is 11.8 Å². The van der Waals surface area contributed by atoms with E-state index in [2.05, 4.69) is 15.3 Å². The molecule has 0 radical (unpaired) electrons. The van der Waals surface area contributed by atoms with Crippen molar-refractivity contribution >= 4 is 23.4 Å². The first-order valence-corrected chi connectivity index (χ1v) is 6.36. The molecule has 0 bridgehead atoms. The van der Waals surface area contributed by atoms with Gasteiger partial charge in [0.2, 0.25) is 5.95 Å². The monoisotopic (exact) mass is 294 g/mol. The van der Waals surface area contributed by atoms with Crippen LogP contribution in [-0.2, 0) is 6.42 Å². The van der Waals surface area contributed by atoms with E-state index in [0.29, 0.717) is 23.3 Å². The molecule has 0 aliphatic heterocycles. The summed E-state index contributed by atoms with van der Waals surface area (Å²) in [6.07, 6.45) is 0.734. The molecule has 0 aliphatic rings. The molecule has 4 N–H and O–H groups in total. The van der Waals surface area contributed by atoms with Gasteiger partial charge in [-0.2, -0.15) is 4.98 Å². The van der Waals surface area contributed by atoms with Gasteiger partial charge in [0, 0.05) is 12.6 Å². The normalized spacial score (nSPS) is 10.3. The minimum Gasteiger partial charge on any atom is -0.504 e. The van der Waals surface area contributed by atoms with Crippen LogP contribution < -0.4 is 15.8 Å². The van der Waals surface area contributed by atoms with E-state index in [1.807, 2.05) is 6.07 Å². The average molecular weight is 295 g/mol. The van der Waals surface area contributed by atoms with Gasteiger partial charge in [0.25, 0.3) is 0 Å². The number of aromatic hydroxyl groups is 1. The largest absolute Gasteiger partial charge is 0.504 e. The maximum Gasteiger partial charge on any atom is 0.223 e. The number of methoxy groups -OCH3 is 1. The summed E-state index contributed by atoms with van der Waals surface area (Å²) in [6, 6.07) is 6.84. The van der Waals surface area contributed by atoms with Crippen molar-refractivity contribution in [1.82, 2.24) is 9.97 Å². The molecule has 1 aromatic carbocycles. The number of phenols is 1. The van der Waals surface area contributed by atoms with Crippen LogP contribution in [-0.4, -0.2) is 28.7 Å². The second-order valence-corrected chi connectivity index (χ2v) is 4.50. The van der Waals surface area contributed by atoms with Gasteiger partial charge in [-0.3, -0.25) is 0 Å². The van der Waals surface area contributed by atoms with E-state index >= 15 is 0 Å². The van der Waals surface area contributed by atoms with Crippen LogP contribution in [0.2, 0.25) is 5.15 Å². The molecule has 1 heterocycles. The SMILES string of the molecule is COc1cc(CCNc2cc(Cl)nc(N)n2)ccc1O. The number of ether oxygens (including phenoxy) is 1. The Labute approximate surface area is 121 Å². The fourth-order valence-electron chi connectivity index (χ4n) is 1.74. The Balaban J connectivity index is 1.95. The molecule has 2 rings (SSSR count). The average Bonchev–Trinajstić information content (AvgIpc) is 2.39. The number of nitrogens with two attached hydrogens (primary N) is 1. The van der Waals surface area contributed by atoms with Crippen LogP contribution in [0.25, 0.3) is 0 Å². The Morgan fingerprint density at radius 3 is 2.85 bits per heavy atom. The topological polar surface area (TPSA) is 93.3 Å². The number of phenolic OH excluding ortho intramolecular Hbond substituents is 1. The third-order valence-electron chi connectivity index (χ3n) is 2.68. The van der Waals surface area contributed by atoms with Crippen LogP contribution in [0.1, 0.15) is 5.56 Å². The Hall–Kier alpha value is -2.21. The number of aromatic nitrogens is 2. The summed E-state index contributed by atoms with van der Waals surface area (Å²) in [5.41, 5.74) is 6.53. The van der Waals surface area contributed by atoms with E-state index in [0.717, 1.165) is 12.0 Å². The molecular weight excluding hydrogens is 280 g/mol. The molecule has 0 fully saturated rings. The number of nitrogens with zero attached hydrogens (tertiary/aromatic N) is 2. The Morgan fingerprint density at radius 2 is 2.15 bits per heavy atom. The maximum absolute atomic E-state index is 9.51. The van der Waals surface area contributed by atoms with Gasteiger partial charge in [0.05, 0.1) is 7.11 Å². The molecule has 0 spiro atoms. The zero-order chi connectivity index (χ0) is 14.5. The predicted molar refractivity (Wildman–Crippen MR) is 78.3 cm³/mol. The first-order valence-electron chi connectivity index (χ1n) is 5.98. The van der Waals surface area contributed by atoms with E-state index in [4.69, 9.17) is 22.1 Å². The Bertz CT molecular complexity index is 587. The number of nitrogen functional groups attached to an aromatic ring is 1. The van der Waals surface area contributed by atoms with Crippen molar-refractivity contribution in [1.29, 1.82) is 0 Å². The third-order valence-corrected chi connectivity index (χ3v) is 2.87. The summed E-state index contributed by atoms with van der Waals surface area (Å²) in [5, 5.41) is 12.9. The van der Waals surface area contributed by atoms with Gasteiger partial charge in [-0.15, -0.1) is 0 Å². The number of nitrogens with one attached hydrogen (secondary N) is 1. The lowest BCUT2D eigenvalue weighted by molar-refractivity contribution is 0.373. The summed E-state index contributed by atoms with van der Waals surface area (Å²) < 4.78 is 5.06. The van der Waals surface area contributed by atoms with Crippen molar-refractivity contribution in [2.24, 2.45) is 0 Å². The molecular formula is C13H15ClN4O2. The lowest BCUT2D eigenvalue weighted by Crippen LogP contribution is -2.08. The zero-order valence-corrected chi connectivity index (χ0v) is 11.7. The molecule has 106 valence electrons.